The molecule has 1 atom stereocenters. The molecule has 3 nitrogen and oxygen atoms in total. The van der Waals surface area contributed by atoms with Crippen LogP contribution in [-0.4, -0.2) is 15.1 Å². The van der Waals surface area contributed by atoms with Gasteiger partial charge >= 0.3 is 0 Å². The number of halogens is 4. The summed E-state index contributed by atoms with van der Waals surface area (Å²) in [5.41, 5.74) is 2.47. The van der Waals surface area contributed by atoms with Crippen LogP contribution < -0.4 is 0 Å². The number of hydrogen-bond acceptors (Lipinski definition) is 3. The van der Waals surface area contributed by atoms with Gasteiger partial charge < -0.3 is 5.11 Å². The second kappa shape index (κ2) is 10.1. The number of rotatable bonds is 7. The summed E-state index contributed by atoms with van der Waals surface area (Å²) in [7, 11) is 0. The van der Waals surface area contributed by atoms with Gasteiger partial charge in [0.25, 0.3) is 5.92 Å². The van der Waals surface area contributed by atoms with Gasteiger partial charge in [0.2, 0.25) is 0 Å². The monoisotopic (exact) mass is 498 g/mol. The highest BCUT2D eigenvalue weighted by Gasteiger charge is 2.28. The van der Waals surface area contributed by atoms with Crippen molar-refractivity contribution in [3.63, 3.8) is 0 Å². The molecule has 174 valence electrons. The number of phenolic OH excluding ortho intramolecular Hbond substituents is 1. The quantitative estimate of drug-likeness (QED) is 0.262. The first-order valence-electron chi connectivity index (χ1n) is 10.8. The first kappa shape index (κ1) is 24.1. The largest absolute Gasteiger partial charge is 0.505 e. The Balaban J connectivity index is 1.68. The van der Waals surface area contributed by atoms with Crippen LogP contribution in [0.3, 0.4) is 0 Å². The third-order valence-electron chi connectivity index (χ3n) is 5.77. The molecule has 0 aliphatic carbocycles. The van der Waals surface area contributed by atoms with Crippen molar-refractivity contribution >= 4 is 34.1 Å². The van der Waals surface area contributed by atoms with E-state index < -0.39 is 5.92 Å². The Bertz CT molecular complexity index is 1340. The second-order valence-electron chi connectivity index (χ2n) is 8.00. The SMILES string of the molecule is CC=CC(F)(F)c1ccc(CCC(c2ccc(Cl)cc2Cl)c2ccc3cccnc3c2O)nc1. The lowest BCUT2D eigenvalue weighted by atomic mass is 9.85. The number of aromatic hydroxyl groups is 1. The van der Waals surface area contributed by atoms with Gasteiger partial charge in [0.1, 0.15) is 11.3 Å². The minimum absolute atomic E-state index is 0.0865. The molecule has 7 heteroatoms. The Kier molecular flexibility index (Phi) is 7.15. The molecule has 2 aromatic heterocycles. The van der Waals surface area contributed by atoms with E-state index in [1.54, 1.807) is 31.3 Å². The number of nitrogens with zero attached hydrogens (tertiary/aromatic N) is 2. The molecule has 0 saturated carbocycles. The van der Waals surface area contributed by atoms with Crippen LogP contribution in [0.2, 0.25) is 10.0 Å². The number of aromatic nitrogens is 2. The summed E-state index contributed by atoms with van der Waals surface area (Å²) < 4.78 is 28.2. The predicted octanol–water partition coefficient (Wildman–Crippen LogP) is 8.07. The van der Waals surface area contributed by atoms with Crippen LogP contribution in [0.15, 0.2) is 79.1 Å². The summed E-state index contributed by atoms with van der Waals surface area (Å²) in [5.74, 6) is -3.27. The van der Waals surface area contributed by atoms with Crippen molar-refractivity contribution in [2.24, 2.45) is 0 Å². The lowest BCUT2D eigenvalue weighted by Gasteiger charge is -2.21. The van der Waals surface area contributed by atoms with E-state index in [0.29, 0.717) is 39.7 Å². The van der Waals surface area contributed by atoms with Crippen LogP contribution in [0.25, 0.3) is 10.9 Å². The molecule has 0 radical (unpaired) electrons. The summed E-state index contributed by atoms with van der Waals surface area (Å²) in [5, 5.41) is 12.9. The van der Waals surface area contributed by atoms with Crippen molar-refractivity contribution in [2.75, 3.05) is 0 Å². The Morgan fingerprint density at radius 1 is 1.03 bits per heavy atom. The topological polar surface area (TPSA) is 46.0 Å². The van der Waals surface area contributed by atoms with E-state index in [2.05, 4.69) is 9.97 Å². The standard InChI is InChI=1S/C27H22Cl2F2N2O/c1-2-13-27(30,31)18-6-8-20(33-16-18)9-12-21(22-11-7-19(28)15-24(22)29)23-10-5-17-4-3-14-32-25(17)26(23)34/h2-8,10-11,13-16,21,34H,9,12H2,1H3. The minimum atomic E-state index is -3.07. The molecule has 0 spiro atoms. The summed E-state index contributed by atoms with van der Waals surface area (Å²) in [6.45, 7) is 1.55. The number of benzene rings is 2. The highest BCUT2D eigenvalue weighted by molar-refractivity contribution is 6.35. The van der Waals surface area contributed by atoms with Crippen LogP contribution in [0.1, 0.15) is 41.6 Å². The number of phenols is 1. The number of fused-ring (bicyclic) bond motifs is 1. The highest BCUT2D eigenvalue weighted by atomic mass is 35.5. The first-order valence-corrected chi connectivity index (χ1v) is 11.5. The summed E-state index contributed by atoms with van der Waals surface area (Å²) in [4.78, 5) is 8.58. The van der Waals surface area contributed by atoms with E-state index in [9.17, 15) is 13.9 Å². The van der Waals surface area contributed by atoms with Gasteiger partial charge in [0.05, 0.1) is 0 Å². The first-order chi connectivity index (χ1) is 16.3. The van der Waals surface area contributed by atoms with Crippen molar-refractivity contribution in [1.82, 2.24) is 9.97 Å². The molecular formula is C27H22Cl2F2N2O. The van der Waals surface area contributed by atoms with Crippen LogP contribution in [0.5, 0.6) is 5.75 Å². The number of allylic oxidation sites excluding steroid dienone is 2. The van der Waals surface area contributed by atoms with E-state index in [-0.39, 0.29) is 17.2 Å². The Hall–Kier alpha value is -3.02. The molecule has 0 saturated heterocycles. The molecule has 2 aromatic carbocycles. The minimum Gasteiger partial charge on any atom is -0.505 e. The summed E-state index contributed by atoms with van der Waals surface area (Å²) >= 11 is 12.6. The van der Waals surface area contributed by atoms with Crippen molar-refractivity contribution in [3.8, 4) is 5.75 Å². The third kappa shape index (κ3) is 5.06. The van der Waals surface area contributed by atoms with Gasteiger partial charge in [0, 0.05) is 50.6 Å². The summed E-state index contributed by atoms with van der Waals surface area (Å²) in [6, 6.07) is 15.7. The Labute approximate surface area is 206 Å². The van der Waals surface area contributed by atoms with E-state index in [0.717, 1.165) is 17.0 Å². The third-order valence-corrected chi connectivity index (χ3v) is 6.33. The molecule has 4 aromatic rings. The van der Waals surface area contributed by atoms with Crippen molar-refractivity contribution in [2.45, 2.75) is 31.6 Å². The zero-order valence-corrected chi connectivity index (χ0v) is 19.9. The zero-order valence-electron chi connectivity index (χ0n) is 18.4. The highest BCUT2D eigenvalue weighted by Crippen LogP contribution is 2.41. The molecule has 0 aliphatic heterocycles. The van der Waals surface area contributed by atoms with E-state index in [4.69, 9.17) is 23.2 Å². The fraction of sp³-hybridized carbons (Fsp3) is 0.185. The van der Waals surface area contributed by atoms with Gasteiger partial charge in [-0.1, -0.05) is 53.5 Å². The molecule has 2 heterocycles. The smallest absolute Gasteiger partial charge is 0.293 e. The maximum absolute atomic E-state index is 14.1. The normalized spacial score (nSPS) is 13.0. The van der Waals surface area contributed by atoms with Crippen LogP contribution in [0.4, 0.5) is 8.78 Å². The van der Waals surface area contributed by atoms with Gasteiger partial charge in [-0.25, -0.2) is 0 Å². The average Bonchev–Trinajstić information content (AvgIpc) is 2.82. The Morgan fingerprint density at radius 3 is 2.53 bits per heavy atom. The van der Waals surface area contributed by atoms with E-state index >= 15 is 0 Å². The van der Waals surface area contributed by atoms with Gasteiger partial charge in [-0.3, -0.25) is 9.97 Å². The summed E-state index contributed by atoms with van der Waals surface area (Å²) in [6.07, 6.45) is 6.02. The average molecular weight is 499 g/mol. The van der Waals surface area contributed by atoms with Gasteiger partial charge in [0.15, 0.2) is 0 Å². The number of aryl methyl sites for hydroxylation is 1. The molecule has 34 heavy (non-hydrogen) atoms. The molecule has 0 fully saturated rings. The fourth-order valence-electron chi connectivity index (χ4n) is 4.06. The zero-order chi connectivity index (χ0) is 24.3. The predicted molar refractivity (Wildman–Crippen MR) is 133 cm³/mol. The van der Waals surface area contributed by atoms with Crippen molar-refractivity contribution < 1.29 is 13.9 Å². The molecule has 0 bridgehead atoms. The van der Waals surface area contributed by atoms with E-state index in [1.165, 1.54) is 18.3 Å². The molecule has 1 unspecified atom stereocenters. The molecule has 4 rings (SSSR count). The lowest BCUT2D eigenvalue weighted by Crippen LogP contribution is -2.10. The molecular weight excluding hydrogens is 477 g/mol. The van der Waals surface area contributed by atoms with Crippen molar-refractivity contribution in [3.05, 3.63) is 112 Å². The van der Waals surface area contributed by atoms with Crippen LogP contribution in [-0.2, 0) is 12.3 Å². The Morgan fingerprint density at radius 2 is 1.82 bits per heavy atom. The molecule has 0 amide bonds. The van der Waals surface area contributed by atoms with Crippen LogP contribution in [0, 0.1) is 0 Å². The van der Waals surface area contributed by atoms with Gasteiger partial charge in [-0.05, 0) is 61.7 Å². The van der Waals surface area contributed by atoms with Crippen LogP contribution >= 0.6 is 23.2 Å². The lowest BCUT2D eigenvalue weighted by molar-refractivity contribution is 0.0516. The maximum atomic E-state index is 14.1. The molecule has 1 N–H and O–H groups in total. The number of pyridine rings is 2. The van der Waals surface area contributed by atoms with E-state index in [1.807, 2.05) is 30.3 Å². The van der Waals surface area contributed by atoms with Crippen molar-refractivity contribution in [1.29, 1.82) is 0 Å². The fourth-order valence-corrected chi connectivity index (χ4v) is 4.60. The second-order valence-corrected chi connectivity index (χ2v) is 8.84. The maximum Gasteiger partial charge on any atom is 0.293 e. The van der Waals surface area contributed by atoms with Gasteiger partial charge in [-0.15, -0.1) is 0 Å². The molecule has 0 aliphatic rings. The van der Waals surface area contributed by atoms with Gasteiger partial charge in [-0.2, -0.15) is 8.78 Å². The number of alkyl halides is 2. The number of hydrogen-bond donors (Lipinski definition) is 1.